The maximum atomic E-state index is 12.5. The lowest BCUT2D eigenvalue weighted by atomic mass is 9.85. The van der Waals surface area contributed by atoms with Gasteiger partial charge in [-0.05, 0) is 18.4 Å². The van der Waals surface area contributed by atoms with Gasteiger partial charge in [-0.1, -0.05) is 44.2 Å². The Balaban J connectivity index is 1.89. The van der Waals surface area contributed by atoms with Gasteiger partial charge in [-0.15, -0.1) is 0 Å². The quantitative estimate of drug-likeness (QED) is 0.748. The maximum absolute atomic E-state index is 12.5. The predicted molar refractivity (Wildman–Crippen MR) is 96.8 cm³/mol. The van der Waals surface area contributed by atoms with Crippen LogP contribution in [0.25, 0.3) is 0 Å². The van der Waals surface area contributed by atoms with E-state index in [2.05, 4.69) is 5.32 Å². The average Bonchev–Trinajstić information content (AvgIpc) is 2.91. The fraction of sp³-hybridized carbons (Fsp3) is 0.556. The molecule has 132 valence electrons. The number of benzene rings is 1. The van der Waals surface area contributed by atoms with Crippen molar-refractivity contribution in [3.8, 4) is 0 Å². The molecule has 0 saturated carbocycles. The van der Waals surface area contributed by atoms with E-state index in [0.29, 0.717) is 18.6 Å². The number of nitrogens with one attached hydrogen (secondary N) is 1. The van der Waals surface area contributed by atoms with Crippen LogP contribution >= 0.6 is 11.8 Å². The number of hydrogen-bond donors (Lipinski definition) is 2. The largest absolute Gasteiger partial charge is 0.367 e. The molecule has 3 atom stereocenters. The van der Waals surface area contributed by atoms with E-state index < -0.39 is 11.6 Å². The molecule has 24 heavy (non-hydrogen) atoms. The fourth-order valence-corrected chi connectivity index (χ4v) is 3.97. The minimum absolute atomic E-state index is 0.0601. The zero-order chi connectivity index (χ0) is 17.6. The topological polar surface area (TPSA) is 81.4 Å². The molecule has 1 saturated heterocycles. The van der Waals surface area contributed by atoms with Gasteiger partial charge < -0.3 is 15.8 Å². The van der Waals surface area contributed by atoms with Crippen LogP contribution in [-0.2, 0) is 20.1 Å². The second kappa shape index (κ2) is 8.65. The summed E-state index contributed by atoms with van der Waals surface area (Å²) in [7, 11) is 0. The van der Waals surface area contributed by atoms with Crippen LogP contribution < -0.4 is 11.1 Å². The number of ether oxygens (including phenoxy) is 1. The van der Waals surface area contributed by atoms with Crippen molar-refractivity contribution < 1.29 is 14.3 Å². The Morgan fingerprint density at radius 3 is 2.75 bits per heavy atom. The lowest BCUT2D eigenvalue weighted by Gasteiger charge is -2.33. The first-order valence-electron chi connectivity index (χ1n) is 8.37. The predicted octanol–water partition coefficient (Wildman–Crippen LogP) is 1.89. The van der Waals surface area contributed by atoms with Gasteiger partial charge >= 0.3 is 0 Å². The van der Waals surface area contributed by atoms with Gasteiger partial charge in [0.05, 0.1) is 12.1 Å². The van der Waals surface area contributed by atoms with Crippen molar-refractivity contribution >= 4 is 23.5 Å². The molecule has 0 radical (unpaired) electrons. The van der Waals surface area contributed by atoms with E-state index in [-0.39, 0.29) is 24.4 Å². The van der Waals surface area contributed by atoms with Crippen molar-refractivity contribution in [3.63, 3.8) is 0 Å². The first-order valence-corrected chi connectivity index (χ1v) is 9.53. The lowest BCUT2D eigenvalue weighted by molar-refractivity contribution is -0.130. The summed E-state index contributed by atoms with van der Waals surface area (Å²) < 4.78 is 5.53. The Morgan fingerprint density at radius 1 is 1.42 bits per heavy atom. The Labute approximate surface area is 147 Å². The van der Waals surface area contributed by atoms with Crippen LogP contribution in [0, 0.1) is 0 Å². The highest BCUT2D eigenvalue weighted by atomic mass is 32.2. The minimum Gasteiger partial charge on any atom is -0.367 e. The van der Waals surface area contributed by atoms with Gasteiger partial charge in [0.25, 0.3) is 0 Å². The number of ketones is 1. The molecular formula is C18H26N2O3S. The van der Waals surface area contributed by atoms with Crippen LogP contribution in [-0.4, -0.2) is 41.7 Å². The molecule has 5 nitrogen and oxygen atoms in total. The Bertz CT molecular complexity index is 567. The van der Waals surface area contributed by atoms with Crippen molar-refractivity contribution in [2.45, 2.75) is 50.1 Å². The monoisotopic (exact) mass is 350 g/mol. The van der Waals surface area contributed by atoms with Gasteiger partial charge in [0.15, 0.2) is 5.78 Å². The summed E-state index contributed by atoms with van der Waals surface area (Å²) in [5.41, 5.74) is 6.30. The first kappa shape index (κ1) is 19.0. The van der Waals surface area contributed by atoms with E-state index in [1.54, 1.807) is 11.8 Å². The molecule has 3 N–H and O–H groups in total. The minimum atomic E-state index is -0.923. The normalized spacial score (nSPS) is 24.8. The molecule has 0 bridgehead atoms. The van der Waals surface area contributed by atoms with Crippen LogP contribution in [0.1, 0.15) is 32.3 Å². The number of Topliss-reactive ketones (excluding diaryl/α,β-unsaturated/α-hetero) is 1. The molecule has 6 heteroatoms. The van der Waals surface area contributed by atoms with Gasteiger partial charge in [0.2, 0.25) is 5.91 Å². The standard InChI is InChI=1S/C18H26N2O3S/c1-3-16-18(4-2,15(21)10-23-16)20-17(22)14(19)12-24-11-13-8-6-5-7-9-13/h5-9,14,16H,3-4,10-12,19H2,1-2H3,(H,20,22). The van der Waals surface area contributed by atoms with Gasteiger partial charge in [0, 0.05) is 11.5 Å². The molecule has 1 aliphatic heterocycles. The van der Waals surface area contributed by atoms with Crippen molar-refractivity contribution in [2.24, 2.45) is 5.73 Å². The molecule has 3 unspecified atom stereocenters. The second-order valence-corrected chi connectivity index (χ2v) is 7.08. The van der Waals surface area contributed by atoms with Crippen molar-refractivity contribution in [2.75, 3.05) is 12.4 Å². The van der Waals surface area contributed by atoms with Crippen LogP contribution in [0.2, 0.25) is 0 Å². The lowest BCUT2D eigenvalue weighted by Crippen LogP contribution is -2.61. The smallest absolute Gasteiger partial charge is 0.238 e. The van der Waals surface area contributed by atoms with E-state index >= 15 is 0 Å². The van der Waals surface area contributed by atoms with Crippen molar-refractivity contribution in [3.05, 3.63) is 35.9 Å². The number of amides is 1. The fourth-order valence-electron chi connectivity index (χ4n) is 3.02. The number of carbonyl (C=O) groups is 2. The van der Waals surface area contributed by atoms with Crippen LogP contribution in [0.5, 0.6) is 0 Å². The first-order chi connectivity index (χ1) is 11.5. The Morgan fingerprint density at radius 2 is 2.12 bits per heavy atom. The summed E-state index contributed by atoms with van der Waals surface area (Å²) in [4.78, 5) is 24.7. The van der Waals surface area contributed by atoms with Crippen LogP contribution in [0.15, 0.2) is 30.3 Å². The highest BCUT2D eigenvalue weighted by molar-refractivity contribution is 7.98. The van der Waals surface area contributed by atoms with Crippen molar-refractivity contribution in [1.29, 1.82) is 0 Å². The molecule has 1 heterocycles. The van der Waals surface area contributed by atoms with Gasteiger partial charge in [0.1, 0.15) is 12.1 Å². The summed E-state index contributed by atoms with van der Waals surface area (Å²) in [6.45, 7) is 3.91. The summed E-state index contributed by atoms with van der Waals surface area (Å²) in [5, 5.41) is 2.89. The molecule has 1 aromatic carbocycles. The third-order valence-electron chi connectivity index (χ3n) is 4.48. The van der Waals surface area contributed by atoms with Crippen LogP contribution in [0.4, 0.5) is 0 Å². The highest BCUT2D eigenvalue weighted by Crippen LogP contribution is 2.28. The SMILES string of the molecule is CCC1OCC(=O)C1(CC)NC(=O)C(N)CSCc1ccccc1. The van der Waals surface area contributed by atoms with E-state index in [4.69, 9.17) is 10.5 Å². The molecule has 0 aliphatic carbocycles. The number of carbonyl (C=O) groups excluding carboxylic acids is 2. The summed E-state index contributed by atoms with van der Waals surface area (Å²) in [6.07, 6.45) is 0.917. The molecule has 0 aromatic heterocycles. The van der Waals surface area contributed by atoms with Gasteiger partial charge in [-0.3, -0.25) is 9.59 Å². The van der Waals surface area contributed by atoms with E-state index in [1.807, 2.05) is 44.2 Å². The number of nitrogens with two attached hydrogens (primary N) is 1. The van der Waals surface area contributed by atoms with E-state index in [0.717, 1.165) is 5.75 Å². The number of thioether (sulfide) groups is 1. The zero-order valence-corrected chi connectivity index (χ0v) is 15.1. The van der Waals surface area contributed by atoms with Crippen molar-refractivity contribution in [1.82, 2.24) is 5.32 Å². The van der Waals surface area contributed by atoms with Gasteiger partial charge in [-0.25, -0.2) is 0 Å². The number of rotatable bonds is 8. The average molecular weight is 350 g/mol. The molecule has 1 aromatic rings. The summed E-state index contributed by atoms with van der Waals surface area (Å²) >= 11 is 1.61. The third kappa shape index (κ3) is 4.18. The zero-order valence-electron chi connectivity index (χ0n) is 14.3. The summed E-state index contributed by atoms with van der Waals surface area (Å²) in [6, 6.07) is 9.40. The number of hydrogen-bond acceptors (Lipinski definition) is 5. The molecular weight excluding hydrogens is 324 g/mol. The molecule has 1 fully saturated rings. The molecule has 0 spiro atoms. The highest BCUT2D eigenvalue weighted by Gasteiger charge is 2.50. The third-order valence-corrected chi connectivity index (χ3v) is 5.62. The van der Waals surface area contributed by atoms with Crippen LogP contribution in [0.3, 0.4) is 0 Å². The Hall–Kier alpha value is -1.37. The van der Waals surface area contributed by atoms with E-state index in [1.165, 1.54) is 5.56 Å². The van der Waals surface area contributed by atoms with Gasteiger partial charge in [-0.2, -0.15) is 11.8 Å². The Kier molecular flexibility index (Phi) is 6.83. The molecule has 1 amide bonds. The summed E-state index contributed by atoms with van der Waals surface area (Å²) in [5.74, 6) is 0.969. The molecule has 2 rings (SSSR count). The second-order valence-electron chi connectivity index (χ2n) is 6.05. The maximum Gasteiger partial charge on any atom is 0.238 e. The van der Waals surface area contributed by atoms with E-state index in [9.17, 15) is 9.59 Å². The molecule has 1 aliphatic rings.